The van der Waals surface area contributed by atoms with Crippen molar-refractivity contribution in [2.24, 2.45) is 5.41 Å². The van der Waals surface area contributed by atoms with Gasteiger partial charge in [-0.25, -0.2) is 0 Å². The number of piperidine rings is 1. The van der Waals surface area contributed by atoms with Crippen LogP contribution < -0.4 is 5.32 Å². The summed E-state index contributed by atoms with van der Waals surface area (Å²) in [5.41, 5.74) is -1.05. The first-order valence-corrected chi connectivity index (χ1v) is 8.15. The molecule has 0 radical (unpaired) electrons. The maximum atomic E-state index is 12.8. The molecule has 7 heteroatoms. The summed E-state index contributed by atoms with van der Waals surface area (Å²) in [5, 5.41) is 3.27. The molecule has 0 saturated carbocycles. The molecule has 0 unspecified atom stereocenters. The fourth-order valence-electron chi connectivity index (χ4n) is 3.21. The molecule has 23 heavy (non-hydrogen) atoms. The summed E-state index contributed by atoms with van der Waals surface area (Å²) < 4.78 is 5.61. The molecule has 2 aliphatic heterocycles. The molecule has 2 fully saturated rings. The van der Waals surface area contributed by atoms with Crippen LogP contribution in [0.5, 0.6) is 0 Å². The van der Waals surface area contributed by atoms with Gasteiger partial charge in [0.1, 0.15) is 5.60 Å². The first kappa shape index (κ1) is 20.2. The van der Waals surface area contributed by atoms with Crippen LogP contribution in [0.3, 0.4) is 0 Å². The highest BCUT2D eigenvalue weighted by Gasteiger charge is 2.43. The molecule has 0 aromatic heterocycles. The Labute approximate surface area is 145 Å². The van der Waals surface area contributed by atoms with Gasteiger partial charge in [0.25, 0.3) is 5.91 Å². The number of nitrogens with one attached hydrogen (secondary N) is 1. The molecular formula is C16H30ClN3O3. The molecule has 2 aliphatic rings. The normalized spacial score (nSPS) is 21.6. The Bertz CT molecular complexity index is 423. The molecule has 0 aromatic rings. The largest absolute Gasteiger partial charge is 0.368 e. The summed E-state index contributed by atoms with van der Waals surface area (Å²) in [6.45, 7) is 9.83. The van der Waals surface area contributed by atoms with Crippen molar-refractivity contribution in [2.45, 2.75) is 39.2 Å². The first-order valence-electron chi connectivity index (χ1n) is 8.15. The lowest BCUT2D eigenvalue weighted by Gasteiger charge is -2.43. The van der Waals surface area contributed by atoms with E-state index in [0.29, 0.717) is 39.0 Å². The number of carbonyl (C=O) groups is 2. The third kappa shape index (κ3) is 4.37. The monoisotopic (exact) mass is 347 g/mol. The van der Waals surface area contributed by atoms with Crippen molar-refractivity contribution in [3.8, 4) is 0 Å². The van der Waals surface area contributed by atoms with Crippen molar-refractivity contribution in [3.05, 3.63) is 0 Å². The van der Waals surface area contributed by atoms with Gasteiger partial charge in [-0.05, 0) is 25.9 Å². The fourth-order valence-corrected chi connectivity index (χ4v) is 3.21. The standard InChI is InChI=1S/C16H29N3O3.ClH/c1-15(2,3)13(20)18-9-11-19(12-10-18)14(21)16(22-4)5-7-17-8-6-16;/h17H,5-12H2,1-4H3;1H. The third-order valence-electron chi connectivity index (χ3n) is 4.69. The molecule has 0 bridgehead atoms. The van der Waals surface area contributed by atoms with Crippen molar-refractivity contribution in [3.63, 3.8) is 0 Å². The van der Waals surface area contributed by atoms with E-state index in [1.165, 1.54) is 0 Å². The van der Waals surface area contributed by atoms with Crippen LogP contribution in [0.1, 0.15) is 33.6 Å². The number of rotatable bonds is 2. The number of methoxy groups -OCH3 is 1. The summed E-state index contributed by atoms with van der Waals surface area (Å²) in [5.74, 6) is 0.238. The lowest BCUT2D eigenvalue weighted by Crippen LogP contribution is -2.60. The maximum absolute atomic E-state index is 12.8. The Kier molecular flexibility index (Phi) is 6.86. The van der Waals surface area contributed by atoms with Crippen molar-refractivity contribution >= 4 is 24.2 Å². The minimum absolute atomic E-state index is 0. The van der Waals surface area contributed by atoms with Gasteiger partial charge in [0.15, 0.2) is 0 Å². The van der Waals surface area contributed by atoms with Crippen molar-refractivity contribution in [1.29, 1.82) is 0 Å². The predicted molar refractivity (Wildman–Crippen MR) is 91.7 cm³/mol. The van der Waals surface area contributed by atoms with Gasteiger partial charge in [0.05, 0.1) is 0 Å². The first-order chi connectivity index (χ1) is 10.3. The smallest absolute Gasteiger partial charge is 0.255 e. The Balaban J connectivity index is 0.00000264. The van der Waals surface area contributed by atoms with Gasteiger partial charge in [0.2, 0.25) is 5.91 Å². The number of carbonyl (C=O) groups excluding carboxylic acids is 2. The number of piperazine rings is 1. The Morgan fingerprint density at radius 3 is 1.91 bits per heavy atom. The molecule has 1 N–H and O–H groups in total. The Morgan fingerprint density at radius 1 is 1.00 bits per heavy atom. The molecule has 134 valence electrons. The fraction of sp³-hybridized carbons (Fsp3) is 0.875. The molecule has 2 heterocycles. The van der Waals surface area contributed by atoms with E-state index >= 15 is 0 Å². The molecule has 2 rings (SSSR count). The average Bonchev–Trinajstić information content (AvgIpc) is 2.53. The van der Waals surface area contributed by atoms with E-state index in [4.69, 9.17) is 4.74 Å². The number of halogens is 1. The molecule has 0 aromatic carbocycles. The number of amides is 2. The predicted octanol–water partition coefficient (Wildman–Crippen LogP) is 0.894. The van der Waals surface area contributed by atoms with E-state index in [1.54, 1.807) is 7.11 Å². The van der Waals surface area contributed by atoms with Gasteiger partial charge in [-0.2, -0.15) is 0 Å². The Hall–Kier alpha value is -0.850. The van der Waals surface area contributed by atoms with Gasteiger partial charge >= 0.3 is 0 Å². The van der Waals surface area contributed by atoms with Crippen LogP contribution in [0.25, 0.3) is 0 Å². The zero-order valence-corrected chi connectivity index (χ0v) is 15.5. The van der Waals surface area contributed by atoms with E-state index in [2.05, 4.69) is 5.32 Å². The minimum Gasteiger partial charge on any atom is -0.368 e. The lowest BCUT2D eigenvalue weighted by atomic mass is 9.90. The van der Waals surface area contributed by atoms with E-state index in [0.717, 1.165) is 13.1 Å². The number of hydrogen-bond acceptors (Lipinski definition) is 4. The molecule has 0 atom stereocenters. The van der Waals surface area contributed by atoms with Crippen LogP contribution in [0, 0.1) is 5.41 Å². The summed E-state index contributed by atoms with van der Waals surface area (Å²) in [4.78, 5) is 28.9. The summed E-state index contributed by atoms with van der Waals surface area (Å²) >= 11 is 0. The molecule has 2 amide bonds. The second-order valence-corrected chi connectivity index (χ2v) is 7.28. The van der Waals surface area contributed by atoms with Gasteiger partial charge in [0, 0.05) is 38.7 Å². The van der Waals surface area contributed by atoms with Gasteiger partial charge in [-0.15, -0.1) is 12.4 Å². The van der Waals surface area contributed by atoms with Crippen LogP contribution in [0.2, 0.25) is 0 Å². The van der Waals surface area contributed by atoms with Crippen LogP contribution in [-0.4, -0.2) is 73.6 Å². The number of hydrogen-bond donors (Lipinski definition) is 1. The number of ether oxygens (including phenoxy) is 1. The molecule has 6 nitrogen and oxygen atoms in total. The number of nitrogens with zero attached hydrogens (tertiary/aromatic N) is 2. The highest BCUT2D eigenvalue weighted by Crippen LogP contribution is 2.26. The van der Waals surface area contributed by atoms with Crippen LogP contribution in [-0.2, 0) is 14.3 Å². The second kappa shape index (κ2) is 7.81. The second-order valence-electron chi connectivity index (χ2n) is 7.28. The zero-order chi connectivity index (χ0) is 16.4. The molecule has 0 spiro atoms. The van der Waals surface area contributed by atoms with E-state index in [-0.39, 0.29) is 29.6 Å². The van der Waals surface area contributed by atoms with Crippen LogP contribution in [0.4, 0.5) is 0 Å². The minimum atomic E-state index is -0.679. The molecular weight excluding hydrogens is 318 g/mol. The van der Waals surface area contributed by atoms with Crippen molar-refractivity contribution < 1.29 is 14.3 Å². The van der Waals surface area contributed by atoms with Crippen molar-refractivity contribution in [2.75, 3.05) is 46.4 Å². The lowest BCUT2D eigenvalue weighted by molar-refractivity contribution is -0.162. The van der Waals surface area contributed by atoms with E-state index in [1.807, 2.05) is 30.6 Å². The SMILES string of the molecule is COC1(C(=O)N2CCN(C(=O)C(C)(C)C)CC2)CCNCC1.Cl. The third-order valence-corrected chi connectivity index (χ3v) is 4.69. The van der Waals surface area contributed by atoms with E-state index in [9.17, 15) is 9.59 Å². The highest BCUT2D eigenvalue weighted by atomic mass is 35.5. The van der Waals surface area contributed by atoms with Crippen LogP contribution >= 0.6 is 12.4 Å². The Morgan fingerprint density at radius 2 is 1.48 bits per heavy atom. The summed E-state index contributed by atoms with van der Waals surface area (Å²) in [6, 6.07) is 0. The topological polar surface area (TPSA) is 61.9 Å². The average molecular weight is 348 g/mol. The maximum Gasteiger partial charge on any atom is 0.255 e. The van der Waals surface area contributed by atoms with Gasteiger partial charge in [-0.3, -0.25) is 9.59 Å². The highest BCUT2D eigenvalue weighted by molar-refractivity contribution is 5.86. The quantitative estimate of drug-likeness (QED) is 0.806. The summed E-state index contributed by atoms with van der Waals surface area (Å²) in [7, 11) is 1.63. The molecule has 2 saturated heterocycles. The van der Waals surface area contributed by atoms with Crippen LogP contribution in [0.15, 0.2) is 0 Å². The van der Waals surface area contributed by atoms with Crippen molar-refractivity contribution in [1.82, 2.24) is 15.1 Å². The van der Waals surface area contributed by atoms with Gasteiger partial charge < -0.3 is 19.9 Å². The zero-order valence-electron chi connectivity index (χ0n) is 14.7. The van der Waals surface area contributed by atoms with Gasteiger partial charge in [-0.1, -0.05) is 20.8 Å². The summed E-state index contributed by atoms with van der Waals surface area (Å²) in [6.07, 6.45) is 1.42. The molecule has 0 aliphatic carbocycles. The van der Waals surface area contributed by atoms with E-state index < -0.39 is 5.60 Å².